The molecule has 1 aromatic heterocycles. The predicted molar refractivity (Wildman–Crippen MR) is 166 cm³/mol. The summed E-state index contributed by atoms with van der Waals surface area (Å²) in [7, 11) is 0. The predicted octanol–water partition coefficient (Wildman–Crippen LogP) is 7.70. The zero-order chi connectivity index (χ0) is 30.3. The van der Waals surface area contributed by atoms with Crippen molar-refractivity contribution in [2.75, 3.05) is 57.8 Å². The van der Waals surface area contributed by atoms with Gasteiger partial charge in [0.1, 0.15) is 11.6 Å². The lowest BCUT2D eigenvalue weighted by molar-refractivity contribution is 0.122. The van der Waals surface area contributed by atoms with Crippen LogP contribution in [-0.2, 0) is 11.3 Å². The third-order valence-electron chi connectivity index (χ3n) is 7.18. The molecule has 3 aromatic carbocycles. The van der Waals surface area contributed by atoms with E-state index < -0.39 is 12.7 Å². The van der Waals surface area contributed by atoms with Crippen molar-refractivity contribution in [3.05, 3.63) is 125 Å². The zero-order valence-electron chi connectivity index (χ0n) is 24.1. The van der Waals surface area contributed by atoms with Gasteiger partial charge in [-0.05, 0) is 35.2 Å². The zero-order valence-corrected chi connectivity index (χ0v) is 24.8. The van der Waals surface area contributed by atoms with Gasteiger partial charge in [0.15, 0.2) is 0 Å². The van der Waals surface area contributed by atoms with Gasteiger partial charge in [-0.15, -0.1) is 0 Å². The van der Waals surface area contributed by atoms with E-state index in [0.717, 1.165) is 44.0 Å². The Balaban J connectivity index is 0.00000135. The molecule has 1 saturated heterocycles. The number of hydrogen-bond acceptors (Lipinski definition) is 5. The van der Waals surface area contributed by atoms with Crippen LogP contribution >= 0.6 is 11.6 Å². The van der Waals surface area contributed by atoms with Crippen molar-refractivity contribution in [2.45, 2.75) is 18.9 Å². The van der Waals surface area contributed by atoms with Crippen molar-refractivity contribution in [2.24, 2.45) is 0 Å². The molecule has 1 aliphatic rings. The number of morpholine rings is 1. The number of ether oxygens (including phenoxy) is 2. The second-order valence-electron chi connectivity index (χ2n) is 10.1. The maximum absolute atomic E-state index is 14.3. The van der Waals surface area contributed by atoms with Crippen LogP contribution in [0.15, 0.2) is 97.1 Å². The molecule has 43 heavy (non-hydrogen) atoms. The molecule has 0 N–H and O–H groups in total. The molecule has 2 heterocycles. The normalized spacial score (nSPS) is 13.1. The minimum absolute atomic E-state index is 0.155. The first-order valence-corrected chi connectivity index (χ1v) is 14.8. The average Bonchev–Trinajstić information content (AvgIpc) is 3.05. The number of nitrogens with zero attached hydrogens (tertiary/aromatic N) is 3. The number of halogens is 4. The summed E-state index contributed by atoms with van der Waals surface area (Å²) in [6.07, 6.45) is 0.784. The van der Waals surface area contributed by atoms with E-state index in [1.807, 2.05) is 36.4 Å². The summed E-state index contributed by atoms with van der Waals surface area (Å²) in [6.45, 7) is 3.91. The molecule has 4 aromatic rings. The molecule has 0 bridgehead atoms. The van der Waals surface area contributed by atoms with Crippen LogP contribution in [0.4, 0.5) is 19.0 Å². The van der Waals surface area contributed by atoms with Gasteiger partial charge in [-0.1, -0.05) is 90.5 Å². The molecule has 1 fully saturated rings. The summed E-state index contributed by atoms with van der Waals surface area (Å²) >= 11 is 6.38. The molecule has 228 valence electrons. The second-order valence-corrected chi connectivity index (χ2v) is 10.4. The van der Waals surface area contributed by atoms with E-state index in [1.54, 1.807) is 6.07 Å². The molecule has 5 rings (SSSR count). The maximum atomic E-state index is 14.3. The number of hydrogen-bond donors (Lipinski definition) is 0. The fraction of sp³-hybridized carbons (Fsp3) is 0.324. The van der Waals surface area contributed by atoms with Gasteiger partial charge >= 0.3 is 0 Å². The van der Waals surface area contributed by atoms with Gasteiger partial charge in [-0.25, -0.2) is 13.2 Å². The number of aromatic nitrogens is 1. The molecule has 9 heteroatoms. The van der Waals surface area contributed by atoms with Gasteiger partial charge < -0.3 is 14.4 Å². The summed E-state index contributed by atoms with van der Waals surface area (Å²) in [5, 5.41) is 0.184. The molecule has 5 nitrogen and oxygen atoms in total. The highest BCUT2D eigenvalue weighted by Crippen LogP contribution is 2.28. The molecule has 0 radical (unpaired) electrons. The van der Waals surface area contributed by atoms with E-state index in [-0.39, 0.29) is 10.9 Å². The van der Waals surface area contributed by atoms with Crippen molar-refractivity contribution in [3.63, 3.8) is 0 Å². The second kappa shape index (κ2) is 17.5. The van der Waals surface area contributed by atoms with E-state index >= 15 is 0 Å². The molecule has 0 amide bonds. The molecular weight excluding hydrogens is 575 g/mol. The maximum Gasteiger partial charge on any atom is 0.229 e. The third kappa shape index (κ3) is 9.99. The van der Waals surface area contributed by atoms with Crippen molar-refractivity contribution in [1.82, 2.24) is 9.88 Å². The standard InChI is InChI=1S/C33H35ClFN3O2.CH2F2/c34-33-28(14-7-15-30(33)35)24-37(25-29(26-10-3-1-4-11-26)27-12-5-2-6-13-27)18-9-21-40-32-17-8-16-31(36-32)38-19-22-39-23-20-38;2-1-3/h1-8,10-17,29H,9,18-25H2;1H2. The van der Waals surface area contributed by atoms with Crippen LogP contribution in [-0.4, -0.2) is 62.8 Å². The number of anilines is 1. The Hall–Kier alpha value is -3.59. The SMILES string of the molecule is FCF.Fc1cccc(CN(CCCOc2cccc(N3CCOCC3)n2)CC(c2ccccc2)c2ccccc2)c1Cl. The number of pyridine rings is 1. The molecular formula is C34H37ClF3N3O2. The Morgan fingerprint density at radius 2 is 1.49 bits per heavy atom. The Labute approximate surface area is 256 Å². The summed E-state index contributed by atoms with van der Waals surface area (Å²) in [5.41, 5.74) is 3.26. The van der Waals surface area contributed by atoms with Gasteiger partial charge in [0, 0.05) is 44.7 Å². The van der Waals surface area contributed by atoms with Gasteiger partial charge in [0.05, 0.1) is 24.8 Å². The molecule has 1 aliphatic heterocycles. The van der Waals surface area contributed by atoms with Crippen LogP contribution in [0.5, 0.6) is 5.88 Å². The van der Waals surface area contributed by atoms with Crippen LogP contribution in [0.3, 0.4) is 0 Å². The highest BCUT2D eigenvalue weighted by Gasteiger charge is 2.20. The molecule has 0 aliphatic carbocycles. The van der Waals surface area contributed by atoms with Crippen molar-refractivity contribution in [1.29, 1.82) is 0 Å². The van der Waals surface area contributed by atoms with Crippen molar-refractivity contribution in [3.8, 4) is 5.88 Å². The van der Waals surface area contributed by atoms with Gasteiger partial charge in [0.25, 0.3) is 0 Å². The minimum Gasteiger partial charge on any atom is -0.478 e. The Kier molecular flexibility index (Phi) is 13.2. The lowest BCUT2D eigenvalue weighted by atomic mass is 9.90. The summed E-state index contributed by atoms with van der Waals surface area (Å²) in [6, 6.07) is 32.0. The van der Waals surface area contributed by atoms with Gasteiger partial charge in [-0.2, -0.15) is 4.98 Å². The van der Waals surface area contributed by atoms with Crippen LogP contribution < -0.4 is 9.64 Å². The number of rotatable bonds is 12. The topological polar surface area (TPSA) is 37.8 Å². The first-order chi connectivity index (χ1) is 21.1. The Morgan fingerprint density at radius 3 is 2.14 bits per heavy atom. The smallest absolute Gasteiger partial charge is 0.229 e. The summed E-state index contributed by atoms with van der Waals surface area (Å²) < 4.78 is 45.1. The Bertz CT molecular complexity index is 1320. The van der Waals surface area contributed by atoms with Gasteiger partial charge in [-0.3, -0.25) is 4.90 Å². The van der Waals surface area contributed by atoms with E-state index in [9.17, 15) is 13.2 Å². The lowest BCUT2D eigenvalue weighted by Crippen LogP contribution is -2.36. The first-order valence-electron chi connectivity index (χ1n) is 14.4. The fourth-order valence-electron chi connectivity index (χ4n) is 5.10. The quantitative estimate of drug-likeness (QED) is 0.154. The first kappa shape index (κ1) is 32.3. The monoisotopic (exact) mass is 611 g/mol. The number of benzene rings is 3. The van der Waals surface area contributed by atoms with E-state index in [0.29, 0.717) is 32.2 Å². The van der Waals surface area contributed by atoms with Crippen molar-refractivity contribution < 1.29 is 22.6 Å². The fourth-order valence-corrected chi connectivity index (χ4v) is 5.28. The molecule has 0 spiro atoms. The molecule has 0 unspecified atom stereocenters. The van der Waals surface area contributed by atoms with Crippen molar-refractivity contribution >= 4 is 17.4 Å². The largest absolute Gasteiger partial charge is 0.478 e. The van der Waals surface area contributed by atoms with Crippen LogP contribution in [0.25, 0.3) is 0 Å². The van der Waals surface area contributed by atoms with Gasteiger partial charge in [0.2, 0.25) is 12.8 Å². The lowest BCUT2D eigenvalue weighted by Gasteiger charge is -2.29. The summed E-state index contributed by atoms with van der Waals surface area (Å²) in [5.74, 6) is 1.30. The molecule has 0 atom stereocenters. The minimum atomic E-state index is -1.75. The highest BCUT2D eigenvalue weighted by atomic mass is 35.5. The average molecular weight is 612 g/mol. The van der Waals surface area contributed by atoms with Crippen LogP contribution in [0.1, 0.15) is 29.0 Å². The van der Waals surface area contributed by atoms with E-state index in [4.69, 9.17) is 26.1 Å². The van der Waals surface area contributed by atoms with Crippen LogP contribution in [0, 0.1) is 5.82 Å². The van der Waals surface area contributed by atoms with Crippen LogP contribution in [0.2, 0.25) is 5.02 Å². The Morgan fingerprint density at radius 1 is 0.860 bits per heavy atom. The molecule has 0 saturated carbocycles. The number of alkyl halides is 2. The third-order valence-corrected chi connectivity index (χ3v) is 7.61. The highest BCUT2D eigenvalue weighted by molar-refractivity contribution is 6.31. The van der Waals surface area contributed by atoms with E-state index in [2.05, 4.69) is 58.3 Å². The summed E-state index contributed by atoms with van der Waals surface area (Å²) in [4.78, 5) is 9.26. The van der Waals surface area contributed by atoms with E-state index in [1.165, 1.54) is 17.2 Å².